The second-order valence-corrected chi connectivity index (χ2v) is 8.45. The number of nitrogens with two attached hydrogens (primary N) is 1. The molecule has 0 spiro atoms. The highest BCUT2D eigenvalue weighted by atomic mass is 32.2. The SMILES string of the molecule is CCN(CC)C(=O)N1N=C(c2cccc(C)c2)SC1(CCCN)c1ccccc1. The zero-order valence-electron chi connectivity index (χ0n) is 17.5. The lowest BCUT2D eigenvalue weighted by molar-refractivity contribution is 0.126. The molecule has 0 fully saturated rings. The van der Waals surface area contributed by atoms with Crippen molar-refractivity contribution in [2.24, 2.45) is 10.8 Å². The maximum atomic E-state index is 13.5. The Bertz CT molecular complexity index is 866. The van der Waals surface area contributed by atoms with Gasteiger partial charge < -0.3 is 10.6 Å². The highest BCUT2D eigenvalue weighted by molar-refractivity contribution is 8.15. The van der Waals surface area contributed by atoms with Crippen molar-refractivity contribution in [2.45, 2.75) is 38.5 Å². The lowest BCUT2D eigenvalue weighted by atomic mass is 10.0. The normalized spacial score (nSPS) is 18.6. The van der Waals surface area contributed by atoms with Gasteiger partial charge in [-0.15, -0.1) is 0 Å². The van der Waals surface area contributed by atoms with Crippen molar-refractivity contribution in [2.75, 3.05) is 19.6 Å². The van der Waals surface area contributed by atoms with Crippen LogP contribution in [0.15, 0.2) is 59.7 Å². The van der Waals surface area contributed by atoms with Crippen molar-refractivity contribution >= 4 is 22.8 Å². The molecule has 0 radical (unpaired) electrons. The number of hydrogen-bond acceptors (Lipinski definition) is 4. The first-order chi connectivity index (χ1) is 14.1. The average molecular weight is 411 g/mol. The van der Waals surface area contributed by atoms with E-state index >= 15 is 0 Å². The number of hydrogen-bond donors (Lipinski definition) is 1. The lowest BCUT2D eigenvalue weighted by Gasteiger charge is -2.38. The fraction of sp³-hybridized carbons (Fsp3) is 0.391. The number of rotatable bonds is 7. The summed E-state index contributed by atoms with van der Waals surface area (Å²) in [6.45, 7) is 7.93. The molecule has 29 heavy (non-hydrogen) atoms. The van der Waals surface area contributed by atoms with Gasteiger partial charge in [0.1, 0.15) is 9.91 Å². The van der Waals surface area contributed by atoms with Crippen LogP contribution in [0, 0.1) is 6.92 Å². The van der Waals surface area contributed by atoms with Crippen molar-refractivity contribution in [3.05, 3.63) is 71.3 Å². The minimum Gasteiger partial charge on any atom is -0.330 e. The summed E-state index contributed by atoms with van der Waals surface area (Å²) in [6, 6.07) is 18.4. The minimum absolute atomic E-state index is 0.0639. The monoisotopic (exact) mass is 410 g/mol. The third-order valence-corrected chi connectivity index (χ3v) is 6.68. The smallest absolute Gasteiger partial charge is 0.330 e. The molecule has 0 aliphatic carbocycles. The predicted octanol–water partition coefficient (Wildman–Crippen LogP) is 4.76. The third-order valence-electron chi connectivity index (χ3n) is 5.22. The molecule has 6 heteroatoms. The molecule has 0 aromatic heterocycles. The van der Waals surface area contributed by atoms with E-state index in [0.29, 0.717) is 19.6 Å². The van der Waals surface area contributed by atoms with E-state index in [1.54, 1.807) is 16.8 Å². The van der Waals surface area contributed by atoms with Crippen LogP contribution >= 0.6 is 11.8 Å². The summed E-state index contributed by atoms with van der Waals surface area (Å²) in [5, 5.41) is 7.45. The fourth-order valence-electron chi connectivity index (χ4n) is 3.64. The molecule has 2 amide bonds. The summed E-state index contributed by atoms with van der Waals surface area (Å²) in [5.74, 6) is 0. The Labute approximate surface area is 178 Å². The number of benzene rings is 2. The van der Waals surface area contributed by atoms with Crippen LogP contribution in [0.1, 0.15) is 43.4 Å². The Balaban J connectivity index is 2.12. The quantitative estimate of drug-likeness (QED) is 0.716. The van der Waals surface area contributed by atoms with Gasteiger partial charge in [-0.3, -0.25) is 0 Å². The van der Waals surface area contributed by atoms with Gasteiger partial charge in [0.15, 0.2) is 0 Å². The molecule has 1 atom stereocenters. The van der Waals surface area contributed by atoms with E-state index in [1.807, 2.05) is 43.0 Å². The average Bonchev–Trinajstić information content (AvgIpc) is 3.14. The number of aryl methyl sites for hydroxylation is 1. The molecule has 0 saturated heterocycles. The summed E-state index contributed by atoms with van der Waals surface area (Å²) in [6.07, 6.45) is 1.55. The van der Waals surface area contributed by atoms with Crippen LogP contribution in [0.3, 0.4) is 0 Å². The number of thioether (sulfide) groups is 1. The molecular weight excluding hydrogens is 380 g/mol. The molecule has 1 aliphatic heterocycles. The van der Waals surface area contributed by atoms with Gasteiger partial charge >= 0.3 is 6.03 Å². The second-order valence-electron chi connectivity index (χ2n) is 7.19. The second kappa shape index (κ2) is 9.46. The summed E-state index contributed by atoms with van der Waals surface area (Å²) in [5.41, 5.74) is 9.17. The predicted molar refractivity (Wildman–Crippen MR) is 122 cm³/mol. The first-order valence-corrected chi connectivity index (χ1v) is 11.1. The van der Waals surface area contributed by atoms with E-state index in [9.17, 15) is 4.79 Å². The number of amides is 2. The zero-order chi connectivity index (χ0) is 20.9. The Morgan fingerprint density at radius 1 is 1.14 bits per heavy atom. The lowest BCUT2D eigenvalue weighted by Crippen LogP contribution is -2.48. The summed E-state index contributed by atoms with van der Waals surface area (Å²) < 4.78 is 0. The van der Waals surface area contributed by atoms with E-state index in [1.165, 1.54) is 5.56 Å². The van der Waals surface area contributed by atoms with E-state index in [4.69, 9.17) is 10.8 Å². The van der Waals surface area contributed by atoms with Crippen molar-refractivity contribution in [1.82, 2.24) is 9.91 Å². The van der Waals surface area contributed by atoms with Crippen LogP contribution in [-0.4, -0.2) is 40.6 Å². The van der Waals surface area contributed by atoms with Crippen molar-refractivity contribution in [3.63, 3.8) is 0 Å². The molecule has 5 nitrogen and oxygen atoms in total. The first-order valence-electron chi connectivity index (χ1n) is 10.2. The highest BCUT2D eigenvalue weighted by Crippen LogP contribution is 2.50. The van der Waals surface area contributed by atoms with Crippen LogP contribution < -0.4 is 5.73 Å². The molecule has 2 aromatic rings. The number of hydrazone groups is 1. The van der Waals surface area contributed by atoms with E-state index in [-0.39, 0.29) is 6.03 Å². The van der Waals surface area contributed by atoms with Crippen molar-refractivity contribution in [3.8, 4) is 0 Å². The van der Waals surface area contributed by atoms with Gasteiger partial charge in [0.25, 0.3) is 0 Å². The molecule has 2 N–H and O–H groups in total. The van der Waals surface area contributed by atoms with Crippen LogP contribution in [0.5, 0.6) is 0 Å². The number of carbonyl (C=O) groups excluding carboxylic acids is 1. The largest absolute Gasteiger partial charge is 0.342 e. The Kier molecular flexibility index (Phi) is 6.98. The molecule has 154 valence electrons. The number of nitrogens with zero attached hydrogens (tertiary/aromatic N) is 3. The van der Waals surface area contributed by atoms with Gasteiger partial charge in [-0.05, 0) is 51.8 Å². The highest BCUT2D eigenvalue weighted by Gasteiger charge is 2.49. The summed E-state index contributed by atoms with van der Waals surface area (Å²) >= 11 is 1.66. The molecule has 1 unspecified atom stereocenters. The molecule has 0 saturated carbocycles. The van der Waals surface area contributed by atoms with Crippen LogP contribution in [0.2, 0.25) is 0 Å². The van der Waals surface area contributed by atoms with Crippen LogP contribution in [0.25, 0.3) is 0 Å². The van der Waals surface area contributed by atoms with Gasteiger partial charge in [-0.1, -0.05) is 65.9 Å². The van der Waals surface area contributed by atoms with Crippen LogP contribution in [0.4, 0.5) is 4.79 Å². The Morgan fingerprint density at radius 3 is 2.48 bits per heavy atom. The van der Waals surface area contributed by atoms with Crippen LogP contribution in [-0.2, 0) is 4.87 Å². The number of carbonyl (C=O) groups is 1. The fourth-order valence-corrected chi connectivity index (χ4v) is 5.03. The molecule has 2 aromatic carbocycles. The standard InChI is InChI=1S/C23H30N4OS/c1-4-26(5-2)22(28)27-23(15-10-16-24,20-13-7-6-8-14-20)29-21(25-27)19-12-9-11-18(3)17-19/h6-9,11-14,17H,4-5,10,15-16,24H2,1-3H3. The maximum absolute atomic E-state index is 13.5. The molecule has 3 rings (SSSR count). The van der Waals surface area contributed by atoms with Crippen molar-refractivity contribution < 1.29 is 4.79 Å². The Hall–Kier alpha value is -2.31. The summed E-state index contributed by atoms with van der Waals surface area (Å²) in [7, 11) is 0. The molecule has 0 bridgehead atoms. The molecule has 1 heterocycles. The number of urea groups is 1. The van der Waals surface area contributed by atoms with E-state index in [2.05, 4.69) is 37.3 Å². The molecule has 1 aliphatic rings. The minimum atomic E-state index is -0.598. The first kappa shape index (κ1) is 21.4. The molecular formula is C23H30N4OS. The topological polar surface area (TPSA) is 61.9 Å². The zero-order valence-corrected chi connectivity index (χ0v) is 18.3. The van der Waals surface area contributed by atoms with Gasteiger partial charge in [-0.2, -0.15) is 10.1 Å². The maximum Gasteiger partial charge on any atom is 0.342 e. The van der Waals surface area contributed by atoms with Gasteiger partial charge in [-0.25, -0.2) is 4.79 Å². The summed E-state index contributed by atoms with van der Waals surface area (Å²) in [4.78, 5) is 14.7. The Morgan fingerprint density at radius 2 is 1.86 bits per heavy atom. The van der Waals surface area contributed by atoms with E-state index in [0.717, 1.165) is 29.0 Å². The van der Waals surface area contributed by atoms with Crippen molar-refractivity contribution in [1.29, 1.82) is 0 Å². The van der Waals surface area contributed by atoms with Gasteiger partial charge in [0.05, 0.1) is 0 Å². The van der Waals surface area contributed by atoms with Gasteiger partial charge in [0.2, 0.25) is 0 Å². The third kappa shape index (κ3) is 4.33. The van der Waals surface area contributed by atoms with Gasteiger partial charge in [0, 0.05) is 18.7 Å². The van der Waals surface area contributed by atoms with E-state index < -0.39 is 4.87 Å².